The minimum atomic E-state index is -0.885. The van der Waals surface area contributed by atoms with Crippen LogP contribution in [0.4, 0.5) is 0 Å². The Hall–Kier alpha value is -2.08. The standard InChI is InChI=1S/C13H14N2O4/c14-10(13(11(16)17)4-1-5-13)7-2-3-8-9(6-7)19-12(18)15-8/h2-3,6,10H,1,4-5,14H2,(H,15,18)(H,16,17). The molecule has 1 aliphatic carbocycles. The molecular formula is C13H14N2O4. The molecule has 0 amide bonds. The van der Waals surface area contributed by atoms with Gasteiger partial charge in [-0.25, -0.2) is 4.79 Å². The van der Waals surface area contributed by atoms with Crippen molar-refractivity contribution < 1.29 is 14.3 Å². The van der Waals surface area contributed by atoms with Crippen molar-refractivity contribution in [2.24, 2.45) is 11.1 Å². The lowest BCUT2D eigenvalue weighted by molar-refractivity contribution is -0.156. The van der Waals surface area contributed by atoms with Gasteiger partial charge in [-0.2, -0.15) is 0 Å². The molecule has 1 unspecified atom stereocenters. The van der Waals surface area contributed by atoms with Gasteiger partial charge < -0.3 is 15.3 Å². The Morgan fingerprint density at radius 2 is 2.21 bits per heavy atom. The zero-order valence-corrected chi connectivity index (χ0v) is 10.2. The van der Waals surface area contributed by atoms with Gasteiger partial charge in [-0.3, -0.25) is 9.78 Å². The van der Waals surface area contributed by atoms with E-state index in [-0.39, 0.29) is 0 Å². The zero-order chi connectivity index (χ0) is 13.6. The maximum absolute atomic E-state index is 11.4. The molecule has 2 aromatic rings. The van der Waals surface area contributed by atoms with Gasteiger partial charge in [0.05, 0.1) is 10.9 Å². The number of nitrogens with two attached hydrogens (primary N) is 1. The molecule has 0 bridgehead atoms. The Morgan fingerprint density at radius 1 is 1.47 bits per heavy atom. The van der Waals surface area contributed by atoms with Crippen LogP contribution in [0.1, 0.15) is 30.9 Å². The van der Waals surface area contributed by atoms with Crippen LogP contribution in [0.25, 0.3) is 11.1 Å². The lowest BCUT2D eigenvalue weighted by atomic mass is 9.62. The van der Waals surface area contributed by atoms with E-state index in [4.69, 9.17) is 10.2 Å². The third-order valence-electron chi connectivity index (χ3n) is 4.07. The third-order valence-corrected chi connectivity index (χ3v) is 4.07. The number of carboxylic acid groups (broad SMARTS) is 1. The number of nitrogens with one attached hydrogen (secondary N) is 1. The number of H-pyrrole nitrogens is 1. The third kappa shape index (κ3) is 1.67. The first-order valence-electron chi connectivity index (χ1n) is 6.15. The summed E-state index contributed by atoms with van der Waals surface area (Å²) in [5.41, 5.74) is 6.90. The van der Waals surface area contributed by atoms with Crippen molar-refractivity contribution >= 4 is 17.1 Å². The van der Waals surface area contributed by atoms with Gasteiger partial charge in [0.1, 0.15) is 0 Å². The first-order valence-corrected chi connectivity index (χ1v) is 6.15. The summed E-state index contributed by atoms with van der Waals surface area (Å²) in [5, 5.41) is 9.37. The van der Waals surface area contributed by atoms with Gasteiger partial charge in [-0.05, 0) is 30.5 Å². The average molecular weight is 262 g/mol. The molecule has 1 saturated carbocycles. The minimum Gasteiger partial charge on any atom is -0.481 e. The molecule has 1 aromatic carbocycles. The predicted octanol–water partition coefficient (Wildman–Crippen LogP) is 1.38. The van der Waals surface area contributed by atoms with Crippen molar-refractivity contribution in [2.75, 3.05) is 0 Å². The van der Waals surface area contributed by atoms with Crippen molar-refractivity contribution in [3.8, 4) is 0 Å². The number of aromatic nitrogens is 1. The molecule has 6 nitrogen and oxygen atoms in total. The van der Waals surface area contributed by atoms with Gasteiger partial charge in [-0.15, -0.1) is 0 Å². The van der Waals surface area contributed by atoms with Crippen LogP contribution in [0.15, 0.2) is 27.4 Å². The molecule has 1 aliphatic rings. The monoisotopic (exact) mass is 262 g/mol. The van der Waals surface area contributed by atoms with Gasteiger partial charge in [0.2, 0.25) is 0 Å². The Morgan fingerprint density at radius 3 is 2.79 bits per heavy atom. The highest BCUT2D eigenvalue weighted by Crippen LogP contribution is 2.49. The van der Waals surface area contributed by atoms with E-state index in [2.05, 4.69) is 4.98 Å². The summed E-state index contributed by atoms with van der Waals surface area (Å²) < 4.78 is 4.97. The van der Waals surface area contributed by atoms with E-state index in [0.29, 0.717) is 29.5 Å². The van der Waals surface area contributed by atoms with E-state index in [1.165, 1.54) is 0 Å². The zero-order valence-electron chi connectivity index (χ0n) is 10.2. The Balaban J connectivity index is 2.03. The number of aliphatic carboxylic acids is 1. The molecule has 19 heavy (non-hydrogen) atoms. The molecule has 4 N–H and O–H groups in total. The Bertz CT molecular complexity index is 696. The lowest BCUT2D eigenvalue weighted by Gasteiger charge is -2.42. The molecule has 0 aliphatic heterocycles. The van der Waals surface area contributed by atoms with Crippen molar-refractivity contribution in [1.82, 2.24) is 4.98 Å². The molecule has 1 atom stereocenters. The highest BCUT2D eigenvalue weighted by atomic mass is 16.4. The molecule has 1 heterocycles. The first-order chi connectivity index (χ1) is 9.03. The second kappa shape index (κ2) is 3.96. The lowest BCUT2D eigenvalue weighted by Crippen LogP contribution is -2.46. The SMILES string of the molecule is NC(c1ccc2[nH]c(=O)oc2c1)C1(C(=O)O)CCC1. The number of benzene rings is 1. The van der Waals surface area contributed by atoms with Crippen LogP contribution >= 0.6 is 0 Å². The largest absolute Gasteiger partial charge is 0.481 e. The molecule has 0 saturated heterocycles. The maximum atomic E-state index is 11.4. The topological polar surface area (TPSA) is 109 Å². The minimum absolute atomic E-state index is 0.401. The number of fused-ring (bicyclic) bond motifs is 1. The summed E-state index contributed by atoms with van der Waals surface area (Å²) >= 11 is 0. The van der Waals surface area contributed by atoms with Crippen LogP contribution in [0, 0.1) is 5.41 Å². The van der Waals surface area contributed by atoms with E-state index in [1.807, 2.05) is 0 Å². The number of aromatic amines is 1. The predicted molar refractivity (Wildman–Crippen MR) is 67.7 cm³/mol. The molecule has 0 spiro atoms. The van der Waals surface area contributed by atoms with Crippen molar-refractivity contribution in [3.05, 3.63) is 34.3 Å². The molecule has 0 radical (unpaired) electrons. The van der Waals surface area contributed by atoms with Gasteiger partial charge in [0.25, 0.3) is 0 Å². The highest BCUT2D eigenvalue weighted by molar-refractivity contribution is 5.78. The summed E-state index contributed by atoms with van der Waals surface area (Å²) in [4.78, 5) is 25.1. The van der Waals surface area contributed by atoms with Crippen molar-refractivity contribution in [2.45, 2.75) is 25.3 Å². The Kier molecular flexibility index (Phi) is 2.50. The molecule has 100 valence electrons. The molecule has 1 fully saturated rings. The summed E-state index contributed by atoms with van der Waals surface area (Å²) in [6.07, 6.45) is 2.04. The van der Waals surface area contributed by atoms with Crippen LogP contribution in [0.3, 0.4) is 0 Å². The molecular weight excluding hydrogens is 248 g/mol. The number of hydrogen-bond acceptors (Lipinski definition) is 4. The fourth-order valence-electron chi connectivity index (χ4n) is 2.69. The van der Waals surface area contributed by atoms with E-state index >= 15 is 0 Å². The smallest absolute Gasteiger partial charge is 0.417 e. The van der Waals surface area contributed by atoms with Crippen LogP contribution in [-0.4, -0.2) is 16.1 Å². The maximum Gasteiger partial charge on any atom is 0.417 e. The van der Waals surface area contributed by atoms with Gasteiger partial charge in [-0.1, -0.05) is 12.5 Å². The number of carboxylic acids is 1. The number of oxazole rings is 1. The summed E-state index contributed by atoms with van der Waals surface area (Å²) in [6, 6.07) is 4.47. The fourth-order valence-corrected chi connectivity index (χ4v) is 2.69. The normalized spacial score (nSPS) is 19.0. The second-order valence-electron chi connectivity index (χ2n) is 5.06. The van der Waals surface area contributed by atoms with Crippen LogP contribution in [0.5, 0.6) is 0 Å². The fraction of sp³-hybridized carbons (Fsp3) is 0.385. The van der Waals surface area contributed by atoms with Gasteiger partial charge in [0, 0.05) is 6.04 Å². The van der Waals surface area contributed by atoms with Crippen LogP contribution in [0.2, 0.25) is 0 Å². The molecule has 3 rings (SSSR count). The number of carbonyl (C=O) groups is 1. The van der Waals surface area contributed by atoms with Crippen molar-refractivity contribution in [3.63, 3.8) is 0 Å². The quantitative estimate of drug-likeness (QED) is 0.774. The average Bonchev–Trinajstić information content (AvgIpc) is 2.65. The number of hydrogen-bond donors (Lipinski definition) is 3. The first kappa shape index (κ1) is 12.0. The van der Waals surface area contributed by atoms with Crippen LogP contribution < -0.4 is 11.5 Å². The van der Waals surface area contributed by atoms with E-state index in [0.717, 1.165) is 6.42 Å². The summed E-state index contributed by atoms with van der Waals surface area (Å²) in [6.45, 7) is 0. The van der Waals surface area contributed by atoms with Crippen LogP contribution in [-0.2, 0) is 4.79 Å². The van der Waals surface area contributed by atoms with E-state index in [1.54, 1.807) is 18.2 Å². The summed E-state index contributed by atoms with van der Waals surface area (Å²) in [5.74, 6) is -1.39. The van der Waals surface area contributed by atoms with E-state index in [9.17, 15) is 14.7 Å². The highest BCUT2D eigenvalue weighted by Gasteiger charge is 2.49. The number of rotatable bonds is 3. The van der Waals surface area contributed by atoms with Crippen molar-refractivity contribution in [1.29, 1.82) is 0 Å². The second-order valence-corrected chi connectivity index (χ2v) is 5.06. The van der Waals surface area contributed by atoms with Gasteiger partial charge >= 0.3 is 11.7 Å². The van der Waals surface area contributed by atoms with Gasteiger partial charge in [0.15, 0.2) is 5.58 Å². The Labute approximate surface area is 108 Å². The molecule has 1 aromatic heterocycles. The summed E-state index contributed by atoms with van der Waals surface area (Å²) in [7, 11) is 0. The molecule has 6 heteroatoms. The van der Waals surface area contributed by atoms with E-state index < -0.39 is 23.2 Å².